The number of nitrogens with zero attached hydrogens (tertiary/aromatic N) is 4. The number of likely N-dealkylation sites (tertiary alicyclic amines) is 1. The molecule has 0 radical (unpaired) electrons. The molecule has 5 nitrogen and oxygen atoms in total. The summed E-state index contributed by atoms with van der Waals surface area (Å²) >= 11 is 0. The third-order valence-corrected chi connectivity index (χ3v) is 5.01. The van der Waals surface area contributed by atoms with Crippen LogP contribution in [0.15, 0.2) is 30.7 Å². The van der Waals surface area contributed by atoms with Crippen LogP contribution >= 0.6 is 0 Å². The summed E-state index contributed by atoms with van der Waals surface area (Å²) in [5.74, 6) is 1.20. The minimum absolute atomic E-state index is 0.407. The summed E-state index contributed by atoms with van der Waals surface area (Å²) in [5, 5.41) is 3.60. The van der Waals surface area contributed by atoms with E-state index >= 15 is 0 Å². The quantitative estimate of drug-likeness (QED) is 0.921. The van der Waals surface area contributed by atoms with Crippen molar-refractivity contribution >= 4 is 0 Å². The van der Waals surface area contributed by atoms with E-state index in [4.69, 9.17) is 4.98 Å². The molecule has 23 heavy (non-hydrogen) atoms. The lowest BCUT2D eigenvalue weighted by Gasteiger charge is -2.17. The van der Waals surface area contributed by atoms with Crippen molar-refractivity contribution in [1.29, 1.82) is 0 Å². The first-order valence-corrected chi connectivity index (χ1v) is 8.83. The molecule has 2 aliphatic rings. The van der Waals surface area contributed by atoms with Crippen molar-refractivity contribution in [3.8, 4) is 11.3 Å². The molecule has 1 atom stereocenters. The van der Waals surface area contributed by atoms with Gasteiger partial charge in [0.25, 0.3) is 0 Å². The zero-order valence-electron chi connectivity index (χ0n) is 13.6. The second kappa shape index (κ2) is 6.81. The van der Waals surface area contributed by atoms with E-state index in [2.05, 4.69) is 26.0 Å². The number of rotatable bonds is 5. The first kappa shape index (κ1) is 14.8. The Morgan fingerprint density at radius 1 is 1.09 bits per heavy atom. The minimum atomic E-state index is 0.407. The number of imidazole rings is 1. The third kappa shape index (κ3) is 3.31. The molecule has 2 aliphatic heterocycles. The Morgan fingerprint density at radius 3 is 2.65 bits per heavy atom. The standard InChI is InChI=1S/C18H25N5/c1-2-11-22(10-1)12-13-23-14-17(15-5-8-19-9-6-15)21-18(23)16-4-3-7-20-16/h5-6,8-9,14,16,20H,1-4,7,10-13H2/t16-/m0/s1. The molecule has 0 bridgehead atoms. The van der Waals surface area contributed by atoms with Gasteiger partial charge in [-0.15, -0.1) is 0 Å². The van der Waals surface area contributed by atoms with Gasteiger partial charge in [-0.2, -0.15) is 0 Å². The highest BCUT2D eigenvalue weighted by molar-refractivity contribution is 5.57. The maximum atomic E-state index is 4.96. The number of nitrogens with one attached hydrogen (secondary N) is 1. The van der Waals surface area contributed by atoms with Crippen molar-refractivity contribution in [3.05, 3.63) is 36.5 Å². The minimum Gasteiger partial charge on any atom is -0.332 e. The average molecular weight is 311 g/mol. The molecule has 2 saturated heterocycles. The van der Waals surface area contributed by atoms with Crippen LogP contribution in [-0.4, -0.2) is 45.6 Å². The van der Waals surface area contributed by atoms with Crippen LogP contribution in [-0.2, 0) is 6.54 Å². The molecule has 4 heterocycles. The van der Waals surface area contributed by atoms with Crippen molar-refractivity contribution in [2.24, 2.45) is 0 Å². The summed E-state index contributed by atoms with van der Waals surface area (Å²) in [4.78, 5) is 11.6. The Morgan fingerprint density at radius 2 is 1.91 bits per heavy atom. The normalized spacial score (nSPS) is 22.0. The average Bonchev–Trinajstić information content (AvgIpc) is 3.33. The molecule has 0 unspecified atom stereocenters. The smallest absolute Gasteiger partial charge is 0.126 e. The highest BCUT2D eigenvalue weighted by Crippen LogP contribution is 2.26. The lowest BCUT2D eigenvalue weighted by molar-refractivity contribution is 0.318. The molecule has 2 aromatic rings. The largest absolute Gasteiger partial charge is 0.332 e. The van der Waals surface area contributed by atoms with E-state index < -0.39 is 0 Å². The lowest BCUT2D eigenvalue weighted by atomic mass is 10.2. The summed E-state index contributed by atoms with van der Waals surface area (Å²) < 4.78 is 2.37. The van der Waals surface area contributed by atoms with Gasteiger partial charge in [-0.05, 0) is 57.5 Å². The molecule has 5 heteroatoms. The van der Waals surface area contributed by atoms with Crippen LogP contribution < -0.4 is 5.32 Å². The first-order chi connectivity index (χ1) is 11.4. The van der Waals surface area contributed by atoms with Gasteiger partial charge in [0.2, 0.25) is 0 Å². The Bertz CT molecular complexity index is 624. The van der Waals surface area contributed by atoms with Crippen LogP contribution in [0.4, 0.5) is 0 Å². The van der Waals surface area contributed by atoms with Crippen molar-refractivity contribution < 1.29 is 0 Å². The van der Waals surface area contributed by atoms with E-state index in [1.54, 1.807) is 0 Å². The highest BCUT2D eigenvalue weighted by Gasteiger charge is 2.23. The van der Waals surface area contributed by atoms with Crippen molar-refractivity contribution in [1.82, 2.24) is 24.8 Å². The Kier molecular flexibility index (Phi) is 4.39. The van der Waals surface area contributed by atoms with Crippen LogP contribution in [0.2, 0.25) is 0 Å². The van der Waals surface area contributed by atoms with E-state index in [9.17, 15) is 0 Å². The predicted molar refractivity (Wildman–Crippen MR) is 91.1 cm³/mol. The van der Waals surface area contributed by atoms with E-state index in [1.807, 2.05) is 24.5 Å². The van der Waals surface area contributed by atoms with Crippen LogP contribution in [0.25, 0.3) is 11.3 Å². The second-order valence-corrected chi connectivity index (χ2v) is 6.61. The van der Waals surface area contributed by atoms with E-state index in [0.717, 1.165) is 30.9 Å². The summed E-state index contributed by atoms with van der Waals surface area (Å²) in [6, 6.07) is 4.49. The molecule has 0 aromatic carbocycles. The van der Waals surface area contributed by atoms with Gasteiger partial charge in [-0.1, -0.05) is 0 Å². The number of aromatic nitrogens is 3. The molecule has 122 valence electrons. The topological polar surface area (TPSA) is 46.0 Å². The zero-order chi connectivity index (χ0) is 15.5. The maximum Gasteiger partial charge on any atom is 0.126 e. The first-order valence-electron chi connectivity index (χ1n) is 8.83. The molecule has 2 aromatic heterocycles. The molecular weight excluding hydrogens is 286 g/mol. The Hall–Kier alpha value is -1.72. The maximum absolute atomic E-state index is 4.96. The number of hydrogen-bond acceptors (Lipinski definition) is 4. The van der Waals surface area contributed by atoms with E-state index in [0.29, 0.717) is 6.04 Å². The Balaban J connectivity index is 1.57. The molecule has 0 aliphatic carbocycles. The molecule has 0 saturated carbocycles. The second-order valence-electron chi connectivity index (χ2n) is 6.61. The Labute approximate surface area is 137 Å². The van der Waals surface area contributed by atoms with E-state index in [-0.39, 0.29) is 0 Å². The van der Waals surface area contributed by atoms with Gasteiger partial charge in [-0.25, -0.2) is 4.98 Å². The van der Waals surface area contributed by atoms with Gasteiger partial charge in [0, 0.05) is 37.2 Å². The zero-order valence-corrected chi connectivity index (χ0v) is 13.6. The van der Waals surface area contributed by atoms with Crippen LogP contribution in [0.5, 0.6) is 0 Å². The fourth-order valence-electron chi connectivity index (χ4n) is 3.71. The molecule has 0 amide bonds. The van der Waals surface area contributed by atoms with Crippen molar-refractivity contribution in [3.63, 3.8) is 0 Å². The summed E-state index contributed by atoms with van der Waals surface area (Å²) in [7, 11) is 0. The molecule has 0 spiro atoms. The summed E-state index contributed by atoms with van der Waals surface area (Å²) in [6.07, 6.45) is 11.0. The van der Waals surface area contributed by atoms with Gasteiger partial charge in [0.05, 0.1) is 11.7 Å². The van der Waals surface area contributed by atoms with Crippen molar-refractivity contribution in [2.45, 2.75) is 38.3 Å². The fourth-order valence-corrected chi connectivity index (χ4v) is 3.71. The van der Waals surface area contributed by atoms with Crippen molar-refractivity contribution in [2.75, 3.05) is 26.2 Å². The predicted octanol–water partition coefficient (Wildman–Crippen LogP) is 2.47. The molecule has 1 N–H and O–H groups in total. The van der Waals surface area contributed by atoms with Gasteiger partial charge in [0.15, 0.2) is 0 Å². The van der Waals surface area contributed by atoms with Gasteiger partial charge >= 0.3 is 0 Å². The van der Waals surface area contributed by atoms with Gasteiger partial charge in [-0.3, -0.25) is 4.98 Å². The fraction of sp³-hybridized carbons (Fsp3) is 0.556. The number of hydrogen-bond donors (Lipinski definition) is 1. The number of pyridine rings is 1. The summed E-state index contributed by atoms with van der Waals surface area (Å²) in [6.45, 7) is 5.78. The molecule has 2 fully saturated rings. The highest BCUT2D eigenvalue weighted by atomic mass is 15.2. The van der Waals surface area contributed by atoms with Crippen LogP contribution in [0, 0.1) is 0 Å². The monoisotopic (exact) mass is 311 g/mol. The van der Waals surface area contributed by atoms with Gasteiger partial charge in [0.1, 0.15) is 5.82 Å². The molecular formula is C18H25N5. The van der Waals surface area contributed by atoms with E-state index in [1.165, 1.54) is 44.6 Å². The third-order valence-electron chi connectivity index (χ3n) is 5.01. The summed E-state index contributed by atoms with van der Waals surface area (Å²) in [5.41, 5.74) is 2.22. The molecule has 4 rings (SSSR count). The SMILES string of the molecule is c1cc(-c2cn(CCN3CCCC3)c([C@@H]3CCCN3)n2)ccn1. The van der Waals surface area contributed by atoms with Crippen LogP contribution in [0.3, 0.4) is 0 Å². The van der Waals surface area contributed by atoms with Crippen LogP contribution in [0.1, 0.15) is 37.5 Å². The van der Waals surface area contributed by atoms with Gasteiger partial charge < -0.3 is 14.8 Å². The lowest BCUT2D eigenvalue weighted by Crippen LogP contribution is -2.26.